The summed E-state index contributed by atoms with van der Waals surface area (Å²) in [5.41, 5.74) is 2.02. The Labute approximate surface area is 154 Å². The molecule has 0 unspecified atom stereocenters. The number of sulfonamides is 1. The van der Waals surface area contributed by atoms with Crippen molar-refractivity contribution in [3.63, 3.8) is 0 Å². The van der Waals surface area contributed by atoms with Gasteiger partial charge in [-0.1, -0.05) is 17.7 Å². The third kappa shape index (κ3) is 3.89. The van der Waals surface area contributed by atoms with E-state index in [0.29, 0.717) is 23.7 Å². The second-order valence-electron chi connectivity index (χ2n) is 6.57. The summed E-state index contributed by atoms with van der Waals surface area (Å²) < 4.78 is 26.7. The number of rotatable bonds is 6. The van der Waals surface area contributed by atoms with E-state index in [-0.39, 0.29) is 10.8 Å². The van der Waals surface area contributed by atoms with Gasteiger partial charge in [-0.05, 0) is 43.3 Å². The van der Waals surface area contributed by atoms with E-state index in [0.717, 1.165) is 18.7 Å². The van der Waals surface area contributed by atoms with Crippen molar-refractivity contribution in [2.24, 2.45) is 5.92 Å². The number of aryl methyl sites for hydroxylation is 1. The van der Waals surface area contributed by atoms with Crippen molar-refractivity contribution < 1.29 is 13.2 Å². The summed E-state index contributed by atoms with van der Waals surface area (Å²) in [4.78, 5) is 12.4. The SMILES string of the molecule is Cc1ccc(S(=O)(=O)N(C)c2ccc(C(=O)NCC3CNC3)cc2)cc1. The van der Waals surface area contributed by atoms with Crippen molar-refractivity contribution in [1.29, 1.82) is 0 Å². The van der Waals surface area contributed by atoms with Gasteiger partial charge in [0.05, 0.1) is 10.6 Å². The highest BCUT2D eigenvalue weighted by atomic mass is 32.2. The molecule has 0 saturated carbocycles. The molecule has 2 aromatic rings. The maximum Gasteiger partial charge on any atom is 0.264 e. The van der Waals surface area contributed by atoms with Crippen LogP contribution in [0.2, 0.25) is 0 Å². The van der Waals surface area contributed by atoms with Crippen LogP contribution in [0.1, 0.15) is 15.9 Å². The molecule has 0 atom stereocenters. The number of nitrogens with zero attached hydrogens (tertiary/aromatic N) is 1. The van der Waals surface area contributed by atoms with E-state index in [4.69, 9.17) is 0 Å². The molecule has 2 aromatic carbocycles. The fourth-order valence-electron chi connectivity index (χ4n) is 2.66. The first kappa shape index (κ1) is 18.4. The molecule has 0 aliphatic carbocycles. The molecule has 6 nitrogen and oxygen atoms in total. The monoisotopic (exact) mass is 373 g/mol. The molecule has 1 fully saturated rings. The smallest absolute Gasteiger partial charge is 0.264 e. The van der Waals surface area contributed by atoms with Gasteiger partial charge in [0, 0.05) is 38.2 Å². The Bertz CT molecular complexity index is 873. The van der Waals surface area contributed by atoms with E-state index in [1.165, 1.54) is 11.4 Å². The van der Waals surface area contributed by atoms with Crippen LogP contribution in [-0.4, -0.2) is 41.0 Å². The van der Waals surface area contributed by atoms with E-state index in [1.54, 1.807) is 48.5 Å². The molecule has 0 aromatic heterocycles. The number of nitrogens with one attached hydrogen (secondary N) is 2. The van der Waals surface area contributed by atoms with Gasteiger partial charge in [0.2, 0.25) is 0 Å². The minimum Gasteiger partial charge on any atom is -0.352 e. The lowest BCUT2D eigenvalue weighted by Crippen LogP contribution is -2.48. The second-order valence-corrected chi connectivity index (χ2v) is 8.54. The fourth-order valence-corrected chi connectivity index (χ4v) is 3.86. The number of carbonyl (C=O) groups excluding carboxylic acids is 1. The zero-order valence-corrected chi connectivity index (χ0v) is 15.7. The number of hydrogen-bond donors (Lipinski definition) is 2. The standard InChI is InChI=1S/C19H23N3O3S/c1-14-3-9-18(10-4-14)26(24,25)22(2)17-7-5-16(6-8-17)19(23)21-13-15-11-20-12-15/h3-10,15,20H,11-13H2,1-2H3,(H,21,23). The minimum atomic E-state index is -3.63. The lowest BCUT2D eigenvalue weighted by Gasteiger charge is -2.27. The van der Waals surface area contributed by atoms with Crippen molar-refractivity contribution in [1.82, 2.24) is 10.6 Å². The first-order valence-corrected chi connectivity index (χ1v) is 9.96. The van der Waals surface area contributed by atoms with Crippen LogP contribution < -0.4 is 14.9 Å². The van der Waals surface area contributed by atoms with Gasteiger partial charge in [-0.2, -0.15) is 0 Å². The first-order chi connectivity index (χ1) is 12.4. The highest BCUT2D eigenvalue weighted by Crippen LogP contribution is 2.22. The molecule has 138 valence electrons. The van der Waals surface area contributed by atoms with Crippen LogP contribution >= 0.6 is 0 Å². The van der Waals surface area contributed by atoms with Crippen molar-refractivity contribution >= 4 is 21.6 Å². The predicted octanol–water partition coefficient (Wildman–Crippen LogP) is 1.77. The number of anilines is 1. The lowest BCUT2D eigenvalue weighted by molar-refractivity contribution is 0.0942. The van der Waals surface area contributed by atoms with E-state index in [9.17, 15) is 13.2 Å². The maximum absolute atomic E-state index is 12.7. The van der Waals surface area contributed by atoms with Crippen LogP contribution in [0.15, 0.2) is 53.4 Å². The number of amides is 1. The highest BCUT2D eigenvalue weighted by Gasteiger charge is 2.22. The molecule has 2 N–H and O–H groups in total. The molecule has 7 heteroatoms. The van der Waals surface area contributed by atoms with Crippen molar-refractivity contribution in [2.75, 3.05) is 31.0 Å². The van der Waals surface area contributed by atoms with Gasteiger partial charge in [0.1, 0.15) is 0 Å². The Hall–Kier alpha value is -2.38. The number of benzene rings is 2. The summed E-state index contributed by atoms with van der Waals surface area (Å²) in [7, 11) is -2.13. The molecule has 3 rings (SSSR count). The van der Waals surface area contributed by atoms with Gasteiger partial charge in [-0.3, -0.25) is 9.10 Å². The summed E-state index contributed by atoms with van der Waals surface area (Å²) >= 11 is 0. The molecule has 0 radical (unpaired) electrons. The number of hydrogen-bond acceptors (Lipinski definition) is 4. The van der Waals surface area contributed by atoms with E-state index in [1.807, 2.05) is 6.92 Å². The predicted molar refractivity (Wildman–Crippen MR) is 102 cm³/mol. The average Bonchev–Trinajstić information content (AvgIpc) is 2.60. The Kier molecular flexibility index (Phi) is 5.29. The minimum absolute atomic E-state index is 0.146. The van der Waals surface area contributed by atoms with Gasteiger partial charge < -0.3 is 10.6 Å². The molecule has 1 heterocycles. The quantitative estimate of drug-likeness (QED) is 0.809. The van der Waals surface area contributed by atoms with Crippen LogP contribution in [0.3, 0.4) is 0 Å². The Morgan fingerprint density at radius 3 is 2.27 bits per heavy atom. The summed E-state index contributed by atoms with van der Waals surface area (Å²) in [6, 6.07) is 13.3. The molecule has 0 spiro atoms. The molecule has 1 aliphatic heterocycles. The molecule has 0 bridgehead atoms. The van der Waals surface area contributed by atoms with Crippen LogP contribution in [-0.2, 0) is 10.0 Å². The third-order valence-electron chi connectivity index (χ3n) is 4.59. The van der Waals surface area contributed by atoms with Crippen LogP contribution in [0, 0.1) is 12.8 Å². The zero-order valence-electron chi connectivity index (χ0n) is 14.9. The number of carbonyl (C=O) groups is 1. The van der Waals surface area contributed by atoms with Gasteiger partial charge in [-0.25, -0.2) is 8.42 Å². The Morgan fingerprint density at radius 1 is 1.12 bits per heavy atom. The van der Waals surface area contributed by atoms with Crippen LogP contribution in [0.25, 0.3) is 0 Å². The highest BCUT2D eigenvalue weighted by molar-refractivity contribution is 7.92. The Morgan fingerprint density at radius 2 is 1.73 bits per heavy atom. The summed E-state index contributed by atoms with van der Waals surface area (Å²) in [6.07, 6.45) is 0. The molecular weight excluding hydrogens is 350 g/mol. The fraction of sp³-hybridized carbons (Fsp3) is 0.316. The second kappa shape index (κ2) is 7.47. The van der Waals surface area contributed by atoms with Crippen LogP contribution in [0.4, 0.5) is 5.69 Å². The normalized spacial score (nSPS) is 14.5. The summed E-state index contributed by atoms with van der Waals surface area (Å²) in [6.45, 7) is 4.42. The average molecular weight is 373 g/mol. The van der Waals surface area contributed by atoms with E-state index >= 15 is 0 Å². The largest absolute Gasteiger partial charge is 0.352 e. The van der Waals surface area contributed by atoms with Gasteiger partial charge in [0.25, 0.3) is 15.9 Å². The molecule has 1 aliphatic rings. The first-order valence-electron chi connectivity index (χ1n) is 8.52. The summed E-state index contributed by atoms with van der Waals surface area (Å²) in [5, 5.41) is 6.06. The zero-order chi connectivity index (χ0) is 18.7. The van der Waals surface area contributed by atoms with Crippen LogP contribution in [0.5, 0.6) is 0 Å². The van der Waals surface area contributed by atoms with Crippen molar-refractivity contribution in [3.8, 4) is 0 Å². The van der Waals surface area contributed by atoms with Gasteiger partial charge in [0.15, 0.2) is 0 Å². The van der Waals surface area contributed by atoms with Crippen molar-refractivity contribution in [3.05, 3.63) is 59.7 Å². The maximum atomic E-state index is 12.7. The molecule has 1 amide bonds. The van der Waals surface area contributed by atoms with E-state index < -0.39 is 10.0 Å². The lowest BCUT2D eigenvalue weighted by atomic mass is 10.0. The topological polar surface area (TPSA) is 78.5 Å². The third-order valence-corrected chi connectivity index (χ3v) is 6.39. The molecular formula is C19H23N3O3S. The Balaban J connectivity index is 1.70. The molecule has 26 heavy (non-hydrogen) atoms. The van der Waals surface area contributed by atoms with E-state index in [2.05, 4.69) is 10.6 Å². The van der Waals surface area contributed by atoms with Crippen molar-refractivity contribution in [2.45, 2.75) is 11.8 Å². The molecule has 1 saturated heterocycles. The van der Waals surface area contributed by atoms with Gasteiger partial charge >= 0.3 is 0 Å². The summed E-state index contributed by atoms with van der Waals surface area (Å²) in [5.74, 6) is 0.344. The van der Waals surface area contributed by atoms with Gasteiger partial charge in [-0.15, -0.1) is 0 Å².